The summed E-state index contributed by atoms with van der Waals surface area (Å²) in [5.74, 6) is -3.48. The molecule has 1 rings (SSSR count). The van der Waals surface area contributed by atoms with Crippen molar-refractivity contribution < 1.29 is 35.1 Å². The number of rotatable bonds is 3. The minimum Gasteiger partial charge on any atom is -0.478 e. The van der Waals surface area contributed by atoms with Crippen LogP contribution in [0.2, 0.25) is 0 Å². The van der Waals surface area contributed by atoms with E-state index in [4.69, 9.17) is 14.9 Å². The molecule has 1 saturated heterocycles. The maximum Gasteiger partial charge on any atom is 0.331 e. The summed E-state index contributed by atoms with van der Waals surface area (Å²) >= 11 is 0. The van der Waals surface area contributed by atoms with Gasteiger partial charge in [-0.1, -0.05) is 0 Å². The Morgan fingerprint density at radius 2 is 2.12 bits per heavy atom. The maximum absolute atomic E-state index is 10.6. The zero-order valence-corrected chi connectivity index (χ0v) is 9.28. The lowest BCUT2D eigenvalue weighted by Crippen LogP contribution is -2.56. The first-order valence-electron chi connectivity index (χ1n) is 5.10. The molecule has 0 aromatic rings. The number of hydrogen-bond acceptors (Lipinski definition) is 6. The number of aliphatic carboxylic acids is 1. The molecule has 17 heavy (non-hydrogen) atoms. The molecule has 0 aromatic heterocycles. The van der Waals surface area contributed by atoms with Crippen LogP contribution in [0.5, 0.6) is 0 Å². The second kappa shape index (κ2) is 5.11. The highest BCUT2D eigenvalue weighted by Crippen LogP contribution is 2.29. The zero-order valence-electron chi connectivity index (χ0n) is 9.28. The summed E-state index contributed by atoms with van der Waals surface area (Å²) < 4.78 is 4.93. The fraction of sp³-hybridized carbons (Fsp3) is 0.700. The lowest BCUT2D eigenvalue weighted by molar-refractivity contribution is -0.298. The standard InChI is InChI=1S/C10H16O7/c1-5(9(14)15)3-10(16)8(13)2-6(12)7(4-11)17-10/h3,6-8,11-13,16H,2,4H2,1H3,(H,14,15). The molecule has 0 aliphatic carbocycles. The van der Waals surface area contributed by atoms with Gasteiger partial charge in [0.05, 0.1) is 12.7 Å². The van der Waals surface area contributed by atoms with Gasteiger partial charge in [0, 0.05) is 12.0 Å². The van der Waals surface area contributed by atoms with Crippen molar-refractivity contribution in [2.45, 2.75) is 37.4 Å². The number of carboxylic acid groups (broad SMARTS) is 1. The van der Waals surface area contributed by atoms with Crippen LogP contribution in [0.4, 0.5) is 0 Å². The predicted octanol–water partition coefficient (Wildman–Crippen LogP) is -1.79. The molecule has 5 N–H and O–H groups in total. The Morgan fingerprint density at radius 3 is 2.59 bits per heavy atom. The lowest BCUT2D eigenvalue weighted by atomic mass is 9.94. The average molecular weight is 248 g/mol. The first-order chi connectivity index (χ1) is 7.80. The third-order valence-electron chi connectivity index (χ3n) is 2.65. The number of hydrogen-bond donors (Lipinski definition) is 5. The first-order valence-corrected chi connectivity index (χ1v) is 5.10. The van der Waals surface area contributed by atoms with Gasteiger partial charge in [-0.15, -0.1) is 0 Å². The Balaban J connectivity index is 2.94. The summed E-state index contributed by atoms with van der Waals surface area (Å²) in [4.78, 5) is 10.6. The Labute approximate surface area is 97.6 Å². The van der Waals surface area contributed by atoms with Gasteiger partial charge in [0.15, 0.2) is 0 Å². The van der Waals surface area contributed by atoms with Crippen molar-refractivity contribution in [1.82, 2.24) is 0 Å². The molecule has 1 aliphatic heterocycles. The number of carbonyl (C=O) groups is 1. The van der Waals surface area contributed by atoms with Crippen molar-refractivity contribution in [3.8, 4) is 0 Å². The molecule has 98 valence electrons. The van der Waals surface area contributed by atoms with Crippen LogP contribution in [-0.2, 0) is 9.53 Å². The van der Waals surface area contributed by atoms with Gasteiger partial charge in [-0.25, -0.2) is 4.79 Å². The largest absolute Gasteiger partial charge is 0.478 e. The SMILES string of the molecule is CC(=CC1(O)OC(CO)C(O)CC1O)C(=O)O. The van der Waals surface area contributed by atoms with E-state index >= 15 is 0 Å². The highest BCUT2D eigenvalue weighted by Gasteiger charge is 2.45. The number of carboxylic acids is 1. The highest BCUT2D eigenvalue weighted by molar-refractivity contribution is 5.85. The van der Waals surface area contributed by atoms with Gasteiger partial charge in [-0.2, -0.15) is 0 Å². The third kappa shape index (κ3) is 3.02. The molecule has 0 aromatic carbocycles. The quantitative estimate of drug-likeness (QED) is 0.373. The summed E-state index contributed by atoms with van der Waals surface area (Å²) in [6.45, 7) is 0.686. The minimum atomic E-state index is -2.21. The van der Waals surface area contributed by atoms with Gasteiger partial charge in [-0.05, 0) is 13.0 Å². The molecule has 1 heterocycles. The van der Waals surface area contributed by atoms with Crippen LogP contribution in [0.1, 0.15) is 13.3 Å². The van der Waals surface area contributed by atoms with E-state index in [0.29, 0.717) is 0 Å². The Bertz CT molecular complexity index is 327. The predicted molar refractivity (Wildman–Crippen MR) is 54.9 cm³/mol. The molecule has 0 amide bonds. The van der Waals surface area contributed by atoms with Gasteiger partial charge in [0.1, 0.15) is 12.2 Å². The van der Waals surface area contributed by atoms with Gasteiger partial charge in [0.2, 0.25) is 5.79 Å². The molecule has 4 atom stereocenters. The summed E-state index contributed by atoms with van der Waals surface area (Å²) in [7, 11) is 0. The smallest absolute Gasteiger partial charge is 0.331 e. The zero-order chi connectivity index (χ0) is 13.2. The molecule has 7 nitrogen and oxygen atoms in total. The fourth-order valence-corrected chi connectivity index (χ4v) is 1.61. The van der Waals surface area contributed by atoms with Crippen molar-refractivity contribution >= 4 is 5.97 Å². The molecule has 4 unspecified atom stereocenters. The van der Waals surface area contributed by atoms with E-state index < -0.39 is 36.7 Å². The normalized spacial score (nSPS) is 39.1. The first kappa shape index (κ1) is 14.1. The van der Waals surface area contributed by atoms with Crippen molar-refractivity contribution in [3.63, 3.8) is 0 Å². The monoisotopic (exact) mass is 248 g/mol. The molecular formula is C10H16O7. The molecule has 0 bridgehead atoms. The number of aliphatic hydroxyl groups excluding tert-OH is 3. The van der Waals surface area contributed by atoms with Crippen LogP contribution in [0.15, 0.2) is 11.6 Å². The van der Waals surface area contributed by atoms with Crippen LogP contribution in [-0.4, -0.2) is 62.2 Å². The van der Waals surface area contributed by atoms with Crippen LogP contribution in [0.25, 0.3) is 0 Å². The van der Waals surface area contributed by atoms with E-state index in [0.717, 1.165) is 6.08 Å². The second-order valence-electron chi connectivity index (χ2n) is 4.04. The van der Waals surface area contributed by atoms with E-state index in [9.17, 15) is 20.1 Å². The van der Waals surface area contributed by atoms with Gasteiger partial charge in [0.25, 0.3) is 0 Å². The third-order valence-corrected chi connectivity index (χ3v) is 2.65. The summed E-state index contributed by atoms with van der Waals surface area (Å²) in [6, 6.07) is 0. The van der Waals surface area contributed by atoms with Gasteiger partial charge in [-0.3, -0.25) is 0 Å². The molecular weight excluding hydrogens is 232 g/mol. The van der Waals surface area contributed by atoms with E-state index in [1.54, 1.807) is 0 Å². The van der Waals surface area contributed by atoms with Gasteiger partial charge >= 0.3 is 5.97 Å². The number of aliphatic hydroxyl groups is 4. The van der Waals surface area contributed by atoms with Gasteiger partial charge < -0.3 is 30.3 Å². The topological polar surface area (TPSA) is 127 Å². The molecule has 0 spiro atoms. The summed E-state index contributed by atoms with van der Waals surface area (Å²) in [5.41, 5.74) is -0.209. The van der Waals surface area contributed by atoms with Crippen molar-refractivity contribution in [2.24, 2.45) is 0 Å². The molecule has 1 fully saturated rings. The lowest BCUT2D eigenvalue weighted by Gasteiger charge is -2.41. The van der Waals surface area contributed by atoms with E-state index in [1.807, 2.05) is 0 Å². The van der Waals surface area contributed by atoms with Crippen molar-refractivity contribution in [2.75, 3.05) is 6.61 Å². The van der Waals surface area contributed by atoms with Crippen molar-refractivity contribution in [3.05, 3.63) is 11.6 Å². The average Bonchev–Trinajstić information content (AvgIpc) is 2.23. The number of ether oxygens (including phenoxy) is 1. The van der Waals surface area contributed by atoms with Crippen molar-refractivity contribution in [1.29, 1.82) is 0 Å². The minimum absolute atomic E-state index is 0.209. The maximum atomic E-state index is 10.6. The van der Waals surface area contributed by atoms with E-state index in [1.165, 1.54) is 6.92 Å². The molecule has 0 saturated carbocycles. The van der Waals surface area contributed by atoms with Crippen LogP contribution < -0.4 is 0 Å². The fourth-order valence-electron chi connectivity index (χ4n) is 1.61. The van der Waals surface area contributed by atoms with E-state index in [-0.39, 0.29) is 12.0 Å². The summed E-state index contributed by atoms with van der Waals surface area (Å²) in [6.07, 6.45) is -3.01. The van der Waals surface area contributed by atoms with Crippen LogP contribution in [0.3, 0.4) is 0 Å². The molecule has 7 heteroatoms. The Kier molecular flexibility index (Phi) is 4.23. The Morgan fingerprint density at radius 1 is 1.53 bits per heavy atom. The molecule has 1 aliphatic rings. The summed E-state index contributed by atoms with van der Waals surface area (Å²) in [5, 5.41) is 46.5. The Hall–Kier alpha value is -0.990. The van der Waals surface area contributed by atoms with E-state index in [2.05, 4.69) is 0 Å². The highest BCUT2D eigenvalue weighted by atomic mass is 16.7. The molecule has 0 radical (unpaired) electrons. The van der Waals surface area contributed by atoms with Crippen LogP contribution in [0, 0.1) is 0 Å². The second-order valence-corrected chi connectivity index (χ2v) is 4.04. The van der Waals surface area contributed by atoms with Crippen LogP contribution >= 0.6 is 0 Å².